The highest BCUT2D eigenvalue weighted by Crippen LogP contribution is 2.16. The summed E-state index contributed by atoms with van der Waals surface area (Å²) >= 11 is 0. The number of aromatic nitrogens is 2. The van der Waals surface area contributed by atoms with Crippen molar-refractivity contribution in [1.82, 2.24) is 15.3 Å². The largest absolute Gasteiger partial charge is 0.472 e. The van der Waals surface area contributed by atoms with Gasteiger partial charge in [-0.1, -0.05) is 0 Å². The van der Waals surface area contributed by atoms with Crippen LogP contribution in [0.15, 0.2) is 12.5 Å². The van der Waals surface area contributed by atoms with Crippen LogP contribution in [0.4, 0.5) is 4.39 Å². The molecule has 0 aromatic carbocycles. The van der Waals surface area contributed by atoms with E-state index in [9.17, 15) is 4.39 Å². The predicted octanol–water partition coefficient (Wildman–Crippen LogP) is 0.746. The molecule has 2 rings (SSSR count). The lowest BCUT2D eigenvalue weighted by Gasteiger charge is -2.23. The molecule has 1 aromatic rings. The number of ether oxygens (including phenoxy) is 1. The van der Waals surface area contributed by atoms with Crippen LogP contribution in [0.5, 0.6) is 5.88 Å². The van der Waals surface area contributed by atoms with Crippen LogP contribution < -0.4 is 10.1 Å². The Kier molecular flexibility index (Phi) is 2.88. The van der Waals surface area contributed by atoms with Crippen LogP contribution in [0.1, 0.15) is 12.8 Å². The smallest absolute Gasteiger partial charge is 0.253 e. The second-order valence-corrected chi connectivity index (χ2v) is 3.24. The molecule has 1 N–H and O–H groups in total. The van der Waals surface area contributed by atoms with Gasteiger partial charge in [0.2, 0.25) is 5.82 Å². The number of piperidine rings is 1. The van der Waals surface area contributed by atoms with Gasteiger partial charge >= 0.3 is 0 Å². The van der Waals surface area contributed by atoms with Gasteiger partial charge in [-0.3, -0.25) is 0 Å². The van der Waals surface area contributed by atoms with Crippen molar-refractivity contribution in [3.05, 3.63) is 18.3 Å². The third-order valence-electron chi connectivity index (χ3n) is 2.20. The summed E-state index contributed by atoms with van der Waals surface area (Å²) in [6.45, 7) is 1.83. The van der Waals surface area contributed by atoms with Crippen molar-refractivity contribution in [3.63, 3.8) is 0 Å². The molecule has 0 radical (unpaired) electrons. The van der Waals surface area contributed by atoms with Gasteiger partial charge in [0.25, 0.3) is 5.88 Å². The van der Waals surface area contributed by atoms with E-state index in [4.69, 9.17) is 4.74 Å². The van der Waals surface area contributed by atoms with E-state index >= 15 is 0 Å². The summed E-state index contributed by atoms with van der Waals surface area (Å²) in [5.74, 6) is -0.432. The summed E-state index contributed by atoms with van der Waals surface area (Å²) in [7, 11) is 0. The highest BCUT2D eigenvalue weighted by molar-refractivity contribution is 5.08. The molecule has 0 atom stereocenters. The Morgan fingerprint density at radius 3 is 2.93 bits per heavy atom. The number of nitrogens with one attached hydrogen (secondary N) is 1. The molecule has 0 aliphatic carbocycles. The summed E-state index contributed by atoms with van der Waals surface area (Å²) in [4.78, 5) is 7.30. The summed E-state index contributed by atoms with van der Waals surface area (Å²) < 4.78 is 18.5. The Balaban J connectivity index is 1.99. The number of hydrogen-bond donors (Lipinski definition) is 1. The molecule has 0 bridgehead atoms. The average Bonchev–Trinajstić information content (AvgIpc) is 2.23. The quantitative estimate of drug-likeness (QED) is 0.759. The van der Waals surface area contributed by atoms with Crippen molar-refractivity contribution < 1.29 is 9.13 Å². The number of rotatable bonds is 2. The Morgan fingerprint density at radius 2 is 2.21 bits per heavy atom. The normalized spacial score (nSPS) is 18.1. The molecule has 76 valence electrons. The van der Waals surface area contributed by atoms with E-state index in [2.05, 4.69) is 15.3 Å². The highest BCUT2D eigenvalue weighted by atomic mass is 19.1. The van der Waals surface area contributed by atoms with Gasteiger partial charge in [-0.2, -0.15) is 9.37 Å². The molecule has 1 aromatic heterocycles. The summed E-state index contributed by atoms with van der Waals surface area (Å²) in [6, 6.07) is 0. The second-order valence-electron chi connectivity index (χ2n) is 3.24. The minimum absolute atomic E-state index is 0.0619. The predicted molar refractivity (Wildman–Crippen MR) is 48.5 cm³/mol. The Bertz CT molecular complexity index is 302. The maximum atomic E-state index is 13.1. The minimum atomic E-state index is -0.494. The van der Waals surface area contributed by atoms with Gasteiger partial charge < -0.3 is 10.1 Å². The minimum Gasteiger partial charge on any atom is -0.472 e. The number of halogens is 1. The molecular weight excluding hydrogens is 185 g/mol. The molecule has 1 aliphatic rings. The standard InChI is InChI=1S/C9H12FN3O/c10-8-5-12-6-13-9(8)14-7-1-3-11-4-2-7/h5-7,11H,1-4H2. The fourth-order valence-electron chi connectivity index (χ4n) is 1.46. The third-order valence-corrected chi connectivity index (χ3v) is 2.20. The molecule has 1 aliphatic heterocycles. The van der Waals surface area contributed by atoms with Crippen molar-refractivity contribution in [3.8, 4) is 5.88 Å². The first-order chi connectivity index (χ1) is 6.86. The van der Waals surface area contributed by atoms with Gasteiger partial charge in [0.05, 0.1) is 6.20 Å². The van der Waals surface area contributed by atoms with E-state index in [-0.39, 0.29) is 12.0 Å². The van der Waals surface area contributed by atoms with Crippen LogP contribution in [0.25, 0.3) is 0 Å². The van der Waals surface area contributed by atoms with Gasteiger partial charge in [0, 0.05) is 0 Å². The Labute approximate surface area is 81.5 Å². The van der Waals surface area contributed by atoms with Crippen molar-refractivity contribution >= 4 is 0 Å². The zero-order valence-corrected chi connectivity index (χ0v) is 7.74. The summed E-state index contributed by atoms with van der Waals surface area (Å²) in [5, 5.41) is 3.21. The highest BCUT2D eigenvalue weighted by Gasteiger charge is 2.16. The van der Waals surface area contributed by atoms with E-state index < -0.39 is 5.82 Å². The maximum Gasteiger partial charge on any atom is 0.253 e. The van der Waals surface area contributed by atoms with Crippen LogP contribution >= 0.6 is 0 Å². The Hall–Kier alpha value is -1.23. The van der Waals surface area contributed by atoms with Gasteiger partial charge in [-0.15, -0.1) is 0 Å². The monoisotopic (exact) mass is 197 g/mol. The van der Waals surface area contributed by atoms with Crippen molar-refractivity contribution in [2.24, 2.45) is 0 Å². The molecule has 0 spiro atoms. The van der Waals surface area contributed by atoms with Crippen LogP contribution in [0.3, 0.4) is 0 Å². The average molecular weight is 197 g/mol. The van der Waals surface area contributed by atoms with E-state index in [1.165, 1.54) is 6.33 Å². The lowest BCUT2D eigenvalue weighted by atomic mass is 10.1. The van der Waals surface area contributed by atoms with E-state index in [0.717, 1.165) is 32.1 Å². The fraction of sp³-hybridized carbons (Fsp3) is 0.556. The maximum absolute atomic E-state index is 13.1. The van der Waals surface area contributed by atoms with E-state index in [0.29, 0.717) is 0 Å². The molecular formula is C9H12FN3O. The molecule has 0 unspecified atom stereocenters. The van der Waals surface area contributed by atoms with Crippen LogP contribution in [0.2, 0.25) is 0 Å². The lowest BCUT2D eigenvalue weighted by Crippen LogP contribution is -2.34. The molecule has 0 amide bonds. The van der Waals surface area contributed by atoms with E-state index in [1.807, 2.05) is 0 Å². The third kappa shape index (κ3) is 2.17. The molecule has 2 heterocycles. The first-order valence-electron chi connectivity index (χ1n) is 4.69. The molecule has 4 nitrogen and oxygen atoms in total. The summed E-state index contributed by atoms with van der Waals surface area (Å²) in [5.41, 5.74) is 0. The molecule has 5 heteroatoms. The molecule has 1 fully saturated rings. The zero-order chi connectivity index (χ0) is 9.80. The van der Waals surface area contributed by atoms with Crippen LogP contribution in [-0.2, 0) is 0 Å². The first kappa shape index (κ1) is 9.33. The molecule has 0 saturated carbocycles. The second kappa shape index (κ2) is 4.32. The molecule has 1 saturated heterocycles. The van der Waals surface area contributed by atoms with Gasteiger partial charge in [0.15, 0.2) is 0 Å². The van der Waals surface area contributed by atoms with Crippen LogP contribution in [-0.4, -0.2) is 29.2 Å². The van der Waals surface area contributed by atoms with Gasteiger partial charge in [-0.05, 0) is 25.9 Å². The van der Waals surface area contributed by atoms with E-state index in [1.54, 1.807) is 0 Å². The number of hydrogen-bond acceptors (Lipinski definition) is 4. The Morgan fingerprint density at radius 1 is 1.43 bits per heavy atom. The topological polar surface area (TPSA) is 47.0 Å². The first-order valence-corrected chi connectivity index (χ1v) is 4.69. The zero-order valence-electron chi connectivity index (χ0n) is 7.74. The van der Waals surface area contributed by atoms with Crippen molar-refractivity contribution in [1.29, 1.82) is 0 Å². The SMILES string of the molecule is Fc1cncnc1OC1CCNCC1. The summed E-state index contributed by atoms with van der Waals surface area (Å²) in [6.07, 6.45) is 4.26. The van der Waals surface area contributed by atoms with Crippen molar-refractivity contribution in [2.75, 3.05) is 13.1 Å². The lowest BCUT2D eigenvalue weighted by molar-refractivity contribution is 0.148. The fourth-order valence-corrected chi connectivity index (χ4v) is 1.46. The van der Waals surface area contributed by atoms with Crippen molar-refractivity contribution in [2.45, 2.75) is 18.9 Å². The molecule has 14 heavy (non-hydrogen) atoms. The van der Waals surface area contributed by atoms with Gasteiger partial charge in [-0.25, -0.2) is 4.98 Å². The van der Waals surface area contributed by atoms with Crippen LogP contribution in [0, 0.1) is 5.82 Å². The van der Waals surface area contributed by atoms with Gasteiger partial charge in [0.1, 0.15) is 12.4 Å². The number of nitrogens with zero attached hydrogens (tertiary/aromatic N) is 2.